The highest BCUT2D eigenvalue weighted by Gasteiger charge is 2.32. The molecule has 2 aromatic heterocycles. The number of carbonyl (C=O) groups is 1. The van der Waals surface area contributed by atoms with E-state index < -0.39 is 23.2 Å². The molecule has 32 heavy (non-hydrogen) atoms. The Labute approximate surface area is 181 Å². The Morgan fingerprint density at radius 3 is 2.62 bits per heavy atom. The van der Waals surface area contributed by atoms with Crippen molar-refractivity contribution < 1.29 is 18.3 Å². The molecule has 2 aromatic carbocycles. The predicted octanol–water partition coefficient (Wildman–Crippen LogP) is 4.19. The number of amides is 1. The number of benzene rings is 2. The van der Waals surface area contributed by atoms with Crippen LogP contribution in [0.25, 0.3) is 21.7 Å². The Morgan fingerprint density at radius 2 is 1.88 bits per heavy atom. The summed E-state index contributed by atoms with van der Waals surface area (Å²) in [5.41, 5.74) is 2.92. The third-order valence-corrected chi connectivity index (χ3v) is 6.15. The number of nitrogens with zero attached hydrogens (tertiary/aromatic N) is 1. The molecule has 6 nitrogen and oxygen atoms in total. The van der Waals surface area contributed by atoms with Gasteiger partial charge in [0, 0.05) is 29.2 Å². The van der Waals surface area contributed by atoms with Crippen molar-refractivity contribution in [1.29, 1.82) is 0 Å². The zero-order valence-electron chi connectivity index (χ0n) is 17.6. The van der Waals surface area contributed by atoms with Crippen LogP contribution in [0.4, 0.5) is 8.78 Å². The van der Waals surface area contributed by atoms with E-state index in [9.17, 15) is 18.4 Å². The van der Waals surface area contributed by atoms with Gasteiger partial charge >= 0.3 is 0 Å². The normalized spacial score (nSPS) is 15.8. The lowest BCUT2D eigenvalue weighted by atomic mass is 9.95. The topological polar surface area (TPSA) is 78.2 Å². The van der Waals surface area contributed by atoms with Crippen molar-refractivity contribution >= 4 is 27.6 Å². The van der Waals surface area contributed by atoms with E-state index in [0.29, 0.717) is 17.0 Å². The Hall–Kier alpha value is -3.52. The van der Waals surface area contributed by atoms with Crippen molar-refractivity contribution in [1.82, 2.24) is 14.9 Å². The van der Waals surface area contributed by atoms with Crippen LogP contribution in [0.2, 0.25) is 0 Å². The molecule has 3 heterocycles. The van der Waals surface area contributed by atoms with Gasteiger partial charge in [-0.1, -0.05) is 13.0 Å². The third kappa shape index (κ3) is 3.18. The van der Waals surface area contributed by atoms with Crippen molar-refractivity contribution in [2.24, 2.45) is 0 Å². The highest BCUT2D eigenvalue weighted by Crippen LogP contribution is 2.34. The molecule has 0 bridgehead atoms. The number of hydrogen-bond donors (Lipinski definition) is 2. The molecule has 0 unspecified atom stereocenters. The summed E-state index contributed by atoms with van der Waals surface area (Å²) in [4.78, 5) is 33.1. The predicted molar refractivity (Wildman–Crippen MR) is 117 cm³/mol. The number of ether oxygens (including phenoxy) is 1. The van der Waals surface area contributed by atoms with Gasteiger partial charge < -0.3 is 19.6 Å². The van der Waals surface area contributed by atoms with E-state index in [2.05, 4.69) is 16.9 Å². The molecule has 0 aliphatic carbocycles. The van der Waals surface area contributed by atoms with E-state index in [1.165, 1.54) is 10.5 Å². The molecule has 0 radical (unpaired) electrons. The molecule has 1 aliphatic heterocycles. The number of H-pyrrole nitrogens is 2. The summed E-state index contributed by atoms with van der Waals surface area (Å²) < 4.78 is 33.5. The minimum Gasteiger partial charge on any atom is -0.373 e. The maximum absolute atomic E-state index is 14.1. The van der Waals surface area contributed by atoms with E-state index in [0.717, 1.165) is 29.5 Å². The molecule has 0 saturated carbocycles. The zero-order chi connectivity index (χ0) is 22.6. The van der Waals surface area contributed by atoms with Crippen LogP contribution >= 0.6 is 0 Å². The molecular weight excluding hydrogens is 416 g/mol. The number of pyridine rings is 1. The summed E-state index contributed by atoms with van der Waals surface area (Å²) in [6.07, 6.45) is 0.892. The fourth-order valence-electron chi connectivity index (χ4n) is 4.40. The van der Waals surface area contributed by atoms with Crippen molar-refractivity contribution in [3.63, 3.8) is 0 Å². The number of rotatable bonds is 3. The molecule has 8 heteroatoms. The molecule has 1 aliphatic rings. The van der Waals surface area contributed by atoms with Crippen molar-refractivity contribution in [3.8, 4) is 0 Å². The van der Waals surface area contributed by atoms with Crippen LogP contribution in [-0.2, 0) is 17.8 Å². The number of hydrogen-bond acceptors (Lipinski definition) is 3. The van der Waals surface area contributed by atoms with E-state index in [1.54, 1.807) is 13.1 Å². The fourth-order valence-corrected chi connectivity index (χ4v) is 4.40. The smallest absolute Gasteiger partial charge is 0.270 e. The third-order valence-electron chi connectivity index (χ3n) is 6.15. The lowest BCUT2D eigenvalue weighted by molar-refractivity contribution is 0.0333. The summed E-state index contributed by atoms with van der Waals surface area (Å²) in [7, 11) is 1.63. The van der Waals surface area contributed by atoms with Gasteiger partial charge in [0.05, 0.1) is 24.6 Å². The minimum absolute atomic E-state index is 0.0353. The maximum atomic E-state index is 14.1. The van der Waals surface area contributed by atoms with E-state index in [1.807, 2.05) is 18.2 Å². The van der Waals surface area contributed by atoms with Crippen molar-refractivity contribution in [2.75, 3.05) is 13.7 Å². The van der Waals surface area contributed by atoms with Crippen molar-refractivity contribution in [2.45, 2.75) is 26.0 Å². The lowest BCUT2D eigenvalue weighted by Crippen LogP contribution is -2.37. The molecule has 0 saturated heterocycles. The Morgan fingerprint density at radius 1 is 1.12 bits per heavy atom. The molecule has 2 N–H and O–H groups in total. The molecule has 1 atom stereocenters. The van der Waals surface area contributed by atoms with Gasteiger partial charge in [0.15, 0.2) is 11.6 Å². The minimum atomic E-state index is -1.10. The summed E-state index contributed by atoms with van der Waals surface area (Å²) in [6.45, 7) is 2.34. The Balaban J connectivity index is 1.59. The number of carbonyl (C=O) groups excluding carboxylic acids is 1. The molecule has 0 spiro atoms. The molecule has 5 rings (SSSR count). The second-order valence-corrected chi connectivity index (χ2v) is 8.06. The first-order valence-electron chi connectivity index (χ1n) is 10.4. The van der Waals surface area contributed by atoms with E-state index in [-0.39, 0.29) is 29.9 Å². The lowest BCUT2D eigenvalue weighted by Gasteiger charge is -2.33. The average molecular weight is 437 g/mol. The number of nitrogens with one attached hydrogen (secondary N) is 2. The van der Waals surface area contributed by atoms with Gasteiger partial charge in [-0.3, -0.25) is 9.59 Å². The SMILES string of the molecule is CCc1ccc2[nH]c(C(=O)N(C)[C@@H]3COCc4[nH]c(=O)c5cc(F)c(F)cc5c43)cc2c1. The number of likely N-dealkylation sites (N-methyl/N-ethyl adjacent to an activating group) is 1. The van der Waals surface area contributed by atoms with Crippen LogP contribution in [0.15, 0.2) is 41.2 Å². The summed E-state index contributed by atoms with van der Waals surface area (Å²) in [5.74, 6) is -2.42. The molecule has 164 valence electrons. The molecule has 4 aromatic rings. The van der Waals surface area contributed by atoms with Gasteiger partial charge in [0.1, 0.15) is 5.69 Å². The number of fused-ring (bicyclic) bond motifs is 4. The van der Waals surface area contributed by atoms with Gasteiger partial charge in [0.25, 0.3) is 11.5 Å². The van der Waals surface area contributed by atoms with Crippen LogP contribution in [0.3, 0.4) is 0 Å². The monoisotopic (exact) mass is 437 g/mol. The first-order valence-corrected chi connectivity index (χ1v) is 10.4. The highest BCUT2D eigenvalue weighted by atomic mass is 19.2. The Kier molecular flexibility index (Phi) is 4.82. The van der Waals surface area contributed by atoms with Crippen LogP contribution in [-0.4, -0.2) is 34.4 Å². The first-order chi connectivity index (χ1) is 15.4. The molecule has 1 amide bonds. The molecule has 0 fully saturated rings. The molecular formula is C24H21F2N3O3. The van der Waals surface area contributed by atoms with Gasteiger partial charge in [0.2, 0.25) is 0 Å². The van der Waals surface area contributed by atoms with Crippen LogP contribution in [0.5, 0.6) is 0 Å². The van der Waals surface area contributed by atoms with E-state index >= 15 is 0 Å². The number of aryl methyl sites for hydroxylation is 1. The van der Waals surface area contributed by atoms with E-state index in [4.69, 9.17) is 4.74 Å². The highest BCUT2D eigenvalue weighted by molar-refractivity contribution is 5.98. The van der Waals surface area contributed by atoms with Crippen molar-refractivity contribution in [3.05, 3.63) is 80.9 Å². The maximum Gasteiger partial charge on any atom is 0.270 e. The average Bonchev–Trinajstić information content (AvgIpc) is 3.22. The second kappa shape index (κ2) is 7.56. The standard InChI is InChI=1S/C24H21F2N3O3/c1-3-12-4-5-18-13(6-12)7-19(27-18)24(31)29(2)21-11-32-10-20-22(21)14-8-16(25)17(26)9-15(14)23(30)28-20/h4-9,21,27H,3,10-11H2,1-2H3,(H,28,30)/t21-/m1/s1. The largest absolute Gasteiger partial charge is 0.373 e. The zero-order valence-corrected chi connectivity index (χ0v) is 17.6. The van der Waals surface area contributed by atoms with Gasteiger partial charge in [-0.2, -0.15) is 0 Å². The summed E-state index contributed by atoms with van der Waals surface area (Å²) in [5, 5.41) is 1.25. The summed E-state index contributed by atoms with van der Waals surface area (Å²) >= 11 is 0. The number of aromatic amines is 2. The first kappa shape index (κ1) is 20.4. The van der Waals surface area contributed by atoms with Gasteiger partial charge in [-0.15, -0.1) is 0 Å². The number of aromatic nitrogens is 2. The fraction of sp³-hybridized carbons (Fsp3) is 0.250. The number of halogens is 2. The van der Waals surface area contributed by atoms with Gasteiger partial charge in [-0.05, 0) is 47.7 Å². The van der Waals surface area contributed by atoms with Crippen LogP contribution in [0, 0.1) is 11.6 Å². The van der Waals surface area contributed by atoms with Crippen LogP contribution < -0.4 is 5.56 Å². The quantitative estimate of drug-likeness (QED) is 0.505. The second-order valence-electron chi connectivity index (χ2n) is 8.06. The van der Waals surface area contributed by atoms with Crippen LogP contribution in [0.1, 0.15) is 40.3 Å². The Bertz CT molecular complexity index is 1440. The van der Waals surface area contributed by atoms with Gasteiger partial charge in [-0.25, -0.2) is 8.78 Å². The summed E-state index contributed by atoms with van der Waals surface area (Å²) in [6, 6.07) is 9.12.